The van der Waals surface area contributed by atoms with E-state index >= 15 is 0 Å². The maximum absolute atomic E-state index is 12.3. The first-order valence-corrected chi connectivity index (χ1v) is 9.67. The Bertz CT molecular complexity index is 887. The molecule has 0 fully saturated rings. The minimum atomic E-state index is -3.62. The summed E-state index contributed by atoms with van der Waals surface area (Å²) in [6, 6.07) is 8.19. The molecule has 0 atom stereocenters. The lowest BCUT2D eigenvalue weighted by atomic mass is 10.3. The Balaban J connectivity index is 1.66. The van der Waals surface area contributed by atoms with Gasteiger partial charge in [0.1, 0.15) is 5.75 Å². The summed E-state index contributed by atoms with van der Waals surface area (Å²) < 4.78 is 34.0. The number of ether oxygens (including phenoxy) is 1. The molecule has 0 aliphatic rings. The second-order valence-corrected chi connectivity index (χ2v) is 7.41. The van der Waals surface area contributed by atoms with E-state index < -0.39 is 10.0 Å². The van der Waals surface area contributed by atoms with Gasteiger partial charge >= 0.3 is 0 Å². The maximum Gasteiger partial charge on any atom is 0.240 e. The zero-order chi connectivity index (χ0) is 17.0. The van der Waals surface area contributed by atoms with Crippen molar-refractivity contribution >= 4 is 21.4 Å². The third kappa shape index (κ3) is 3.81. The molecule has 0 radical (unpaired) electrons. The van der Waals surface area contributed by atoms with Gasteiger partial charge in [-0.25, -0.2) is 17.8 Å². The normalized spacial score (nSPS) is 11.5. The first-order valence-electron chi connectivity index (χ1n) is 7.25. The SMILES string of the molecule is CCOc1ccc(S(=O)(=O)NCc2cn(-c3ccsc3)nn2)cc1. The quantitative estimate of drug-likeness (QED) is 0.695. The molecule has 1 aromatic carbocycles. The molecular weight excluding hydrogens is 348 g/mol. The minimum absolute atomic E-state index is 0.0691. The highest BCUT2D eigenvalue weighted by atomic mass is 32.2. The van der Waals surface area contributed by atoms with Crippen LogP contribution in [0.4, 0.5) is 0 Å². The van der Waals surface area contributed by atoms with Crippen LogP contribution in [-0.4, -0.2) is 30.0 Å². The van der Waals surface area contributed by atoms with Crippen molar-refractivity contribution in [3.05, 3.63) is 53.0 Å². The van der Waals surface area contributed by atoms with Crippen LogP contribution in [0.5, 0.6) is 5.75 Å². The van der Waals surface area contributed by atoms with Gasteiger partial charge in [0.25, 0.3) is 0 Å². The smallest absolute Gasteiger partial charge is 0.240 e. The zero-order valence-electron chi connectivity index (χ0n) is 12.9. The summed E-state index contributed by atoms with van der Waals surface area (Å²) in [6.45, 7) is 2.47. The first kappa shape index (κ1) is 16.6. The summed E-state index contributed by atoms with van der Waals surface area (Å²) >= 11 is 1.55. The topological polar surface area (TPSA) is 86.1 Å². The number of aromatic nitrogens is 3. The molecular formula is C15H16N4O3S2. The van der Waals surface area contributed by atoms with Crippen molar-refractivity contribution in [1.82, 2.24) is 19.7 Å². The molecule has 0 aliphatic heterocycles. The molecule has 0 unspecified atom stereocenters. The fraction of sp³-hybridized carbons (Fsp3) is 0.200. The molecule has 3 aromatic rings. The number of sulfonamides is 1. The Hall–Kier alpha value is -2.23. The van der Waals surface area contributed by atoms with Crippen LogP contribution >= 0.6 is 11.3 Å². The largest absolute Gasteiger partial charge is 0.494 e. The molecule has 126 valence electrons. The maximum atomic E-state index is 12.3. The molecule has 0 bridgehead atoms. The molecule has 3 rings (SSSR count). The highest BCUT2D eigenvalue weighted by molar-refractivity contribution is 7.89. The fourth-order valence-electron chi connectivity index (χ4n) is 2.03. The average Bonchev–Trinajstić information content (AvgIpc) is 3.25. The van der Waals surface area contributed by atoms with E-state index in [0.717, 1.165) is 5.69 Å². The number of rotatable bonds is 7. The van der Waals surface area contributed by atoms with E-state index in [1.165, 1.54) is 12.1 Å². The van der Waals surface area contributed by atoms with Gasteiger partial charge in [-0.15, -0.1) is 5.10 Å². The van der Waals surface area contributed by atoms with Crippen LogP contribution in [0.2, 0.25) is 0 Å². The van der Waals surface area contributed by atoms with Gasteiger partial charge in [-0.05, 0) is 42.6 Å². The Morgan fingerprint density at radius 3 is 2.71 bits per heavy atom. The number of hydrogen-bond donors (Lipinski definition) is 1. The summed E-state index contributed by atoms with van der Waals surface area (Å²) in [5.74, 6) is 0.634. The second kappa shape index (κ2) is 7.12. The molecule has 0 saturated heterocycles. The van der Waals surface area contributed by atoms with E-state index in [1.807, 2.05) is 23.8 Å². The summed E-state index contributed by atoms with van der Waals surface area (Å²) in [5, 5.41) is 11.8. The van der Waals surface area contributed by atoms with E-state index in [9.17, 15) is 8.42 Å². The summed E-state index contributed by atoms with van der Waals surface area (Å²) in [4.78, 5) is 0.177. The molecule has 0 amide bonds. The van der Waals surface area contributed by atoms with E-state index in [4.69, 9.17) is 4.74 Å². The van der Waals surface area contributed by atoms with Crippen LogP contribution in [-0.2, 0) is 16.6 Å². The number of benzene rings is 1. The van der Waals surface area contributed by atoms with E-state index in [2.05, 4.69) is 15.0 Å². The molecule has 0 spiro atoms. The van der Waals surface area contributed by atoms with E-state index in [-0.39, 0.29) is 11.4 Å². The lowest BCUT2D eigenvalue weighted by Gasteiger charge is -2.07. The van der Waals surface area contributed by atoms with E-state index in [0.29, 0.717) is 18.1 Å². The van der Waals surface area contributed by atoms with Gasteiger partial charge in [-0.2, -0.15) is 11.3 Å². The fourth-order valence-corrected chi connectivity index (χ4v) is 3.65. The van der Waals surface area contributed by atoms with Gasteiger partial charge in [0.2, 0.25) is 10.0 Å². The van der Waals surface area contributed by atoms with Crippen LogP contribution in [0, 0.1) is 0 Å². The highest BCUT2D eigenvalue weighted by Gasteiger charge is 2.15. The van der Waals surface area contributed by atoms with Crippen LogP contribution in [0.3, 0.4) is 0 Å². The number of nitrogens with zero attached hydrogens (tertiary/aromatic N) is 3. The molecule has 7 nitrogen and oxygen atoms in total. The van der Waals surface area contributed by atoms with E-state index in [1.54, 1.807) is 34.3 Å². The lowest BCUT2D eigenvalue weighted by Crippen LogP contribution is -2.23. The molecule has 0 aliphatic carbocycles. The molecule has 24 heavy (non-hydrogen) atoms. The Kier molecular flexibility index (Phi) is 4.93. The highest BCUT2D eigenvalue weighted by Crippen LogP contribution is 2.16. The van der Waals surface area contributed by atoms with Crippen molar-refractivity contribution < 1.29 is 13.2 Å². The minimum Gasteiger partial charge on any atom is -0.494 e. The summed E-state index contributed by atoms with van der Waals surface area (Å²) in [5.41, 5.74) is 1.43. The van der Waals surface area contributed by atoms with Gasteiger partial charge in [-0.1, -0.05) is 5.21 Å². The van der Waals surface area contributed by atoms with Gasteiger partial charge in [0.15, 0.2) is 0 Å². The average molecular weight is 364 g/mol. The summed E-state index contributed by atoms with van der Waals surface area (Å²) in [6.07, 6.45) is 1.70. The van der Waals surface area contributed by atoms with Crippen molar-refractivity contribution in [3.8, 4) is 11.4 Å². The predicted molar refractivity (Wildman–Crippen MR) is 90.9 cm³/mol. The summed E-state index contributed by atoms with van der Waals surface area (Å²) in [7, 11) is -3.62. The van der Waals surface area contributed by atoms with Crippen LogP contribution < -0.4 is 9.46 Å². The van der Waals surface area contributed by atoms with Crippen LogP contribution in [0.15, 0.2) is 52.2 Å². The van der Waals surface area contributed by atoms with Gasteiger partial charge in [0, 0.05) is 5.38 Å². The number of hydrogen-bond acceptors (Lipinski definition) is 6. The third-order valence-electron chi connectivity index (χ3n) is 3.20. The predicted octanol–water partition coefficient (Wildman–Crippen LogP) is 2.21. The Morgan fingerprint density at radius 1 is 1.25 bits per heavy atom. The van der Waals surface area contributed by atoms with Crippen molar-refractivity contribution in [2.75, 3.05) is 6.61 Å². The molecule has 9 heteroatoms. The lowest BCUT2D eigenvalue weighted by molar-refractivity contribution is 0.340. The molecule has 1 N–H and O–H groups in total. The third-order valence-corrected chi connectivity index (χ3v) is 5.29. The second-order valence-electron chi connectivity index (χ2n) is 4.86. The van der Waals surface area contributed by atoms with Crippen molar-refractivity contribution in [2.45, 2.75) is 18.4 Å². The number of nitrogens with one attached hydrogen (secondary N) is 1. The Morgan fingerprint density at radius 2 is 2.04 bits per heavy atom. The van der Waals surface area contributed by atoms with Crippen molar-refractivity contribution in [2.24, 2.45) is 0 Å². The first-order chi connectivity index (χ1) is 11.6. The Labute approximate surface area is 144 Å². The zero-order valence-corrected chi connectivity index (χ0v) is 14.5. The molecule has 2 heterocycles. The van der Waals surface area contributed by atoms with Crippen LogP contribution in [0.25, 0.3) is 5.69 Å². The molecule has 0 saturated carbocycles. The van der Waals surface area contributed by atoms with Crippen LogP contribution in [0.1, 0.15) is 12.6 Å². The monoisotopic (exact) mass is 364 g/mol. The van der Waals surface area contributed by atoms with Gasteiger partial charge in [-0.3, -0.25) is 0 Å². The molecule has 2 aromatic heterocycles. The van der Waals surface area contributed by atoms with Gasteiger partial charge in [0.05, 0.1) is 35.6 Å². The standard InChI is InChI=1S/C15H16N4O3S2/c1-2-22-14-3-5-15(6-4-14)24(20,21)16-9-12-10-19(18-17-12)13-7-8-23-11-13/h3-8,10-11,16H,2,9H2,1H3. The van der Waals surface area contributed by atoms with Crippen molar-refractivity contribution in [1.29, 1.82) is 0 Å². The number of thiophene rings is 1. The van der Waals surface area contributed by atoms with Gasteiger partial charge < -0.3 is 4.74 Å². The van der Waals surface area contributed by atoms with Crippen molar-refractivity contribution in [3.63, 3.8) is 0 Å².